The largest absolute Gasteiger partial charge is 0.342 e. The number of amides is 1. The summed E-state index contributed by atoms with van der Waals surface area (Å²) >= 11 is 1.15. The van der Waals surface area contributed by atoms with E-state index in [-0.39, 0.29) is 17.4 Å². The van der Waals surface area contributed by atoms with Crippen LogP contribution in [0.15, 0.2) is 39.2 Å². The lowest BCUT2D eigenvalue weighted by molar-refractivity contribution is 0.0676. The quantitative estimate of drug-likeness (QED) is 0.592. The maximum Gasteiger partial charge on any atom is 0.329 e. The van der Waals surface area contributed by atoms with Crippen LogP contribution in [0.2, 0.25) is 0 Å². The van der Waals surface area contributed by atoms with Crippen LogP contribution in [0.5, 0.6) is 0 Å². The molecule has 10 heteroatoms. The first-order chi connectivity index (χ1) is 15.4. The summed E-state index contributed by atoms with van der Waals surface area (Å²) in [5.41, 5.74) is 2.83. The number of H-pyrrole nitrogens is 1. The minimum Gasteiger partial charge on any atom is -0.342 e. The number of carbonyl (C=O) groups excluding carboxylic acids is 1. The number of carbonyl (C=O) groups is 1. The summed E-state index contributed by atoms with van der Waals surface area (Å²) in [6.45, 7) is 5.62. The molecule has 0 bridgehead atoms. The van der Waals surface area contributed by atoms with Crippen LogP contribution in [-0.2, 0) is 13.0 Å². The first-order valence-electron chi connectivity index (χ1n) is 10.7. The zero-order chi connectivity index (χ0) is 22.7. The van der Waals surface area contributed by atoms with Gasteiger partial charge in [0.25, 0.3) is 11.5 Å². The van der Waals surface area contributed by atoms with Crippen molar-refractivity contribution in [2.45, 2.75) is 39.7 Å². The smallest absolute Gasteiger partial charge is 0.329 e. The highest BCUT2D eigenvalue weighted by Gasteiger charge is 2.25. The molecule has 0 spiro atoms. The molecule has 9 nitrogen and oxygen atoms in total. The molecule has 1 aliphatic heterocycles. The second-order valence-corrected chi connectivity index (χ2v) is 8.69. The SMILES string of the molecule is CCc1cc(Nc2cc(=O)n(CC3CCN(C(=O)c4csnn4)CC3)c(=O)[nH]2)ccc1C. The number of hydrogen-bond acceptors (Lipinski definition) is 7. The Kier molecular flexibility index (Phi) is 6.50. The maximum absolute atomic E-state index is 12.7. The number of aromatic amines is 1. The van der Waals surface area contributed by atoms with E-state index in [1.54, 1.807) is 10.3 Å². The topological polar surface area (TPSA) is 113 Å². The van der Waals surface area contributed by atoms with Crippen LogP contribution in [-0.4, -0.2) is 43.0 Å². The average molecular weight is 455 g/mol. The molecule has 1 saturated heterocycles. The van der Waals surface area contributed by atoms with Gasteiger partial charge in [-0.05, 0) is 66.9 Å². The molecule has 1 fully saturated rings. The Morgan fingerprint density at radius 2 is 2.03 bits per heavy atom. The molecule has 0 saturated carbocycles. The summed E-state index contributed by atoms with van der Waals surface area (Å²) in [5, 5.41) is 8.60. The van der Waals surface area contributed by atoms with Crippen LogP contribution in [0.3, 0.4) is 0 Å². The van der Waals surface area contributed by atoms with Crippen LogP contribution in [0.4, 0.5) is 11.5 Å². The van der Waals surface area contributed by atoms with E-state index in [1.807, 2.05) is 18.2 Å². The molecule has 32 heavy (non-hydrogen) atoms. The Labute approximate surface area is 189 Å². The lowest BCUT2D eigenvalue weighted by atomic mass is 9.96. The van der Waals surface area contributed by atoms with E-state index in [9.17, 15) is 14.4 Å². The number of nitrogens with one attached hydrogen (secondary N) is 2. The zero-order valence-electron chi connectivity index (χ0n) is 18.1. The molecular formula is C22H26N6O3S. The first kappa shape index (κ1) is 21.9. The number of likely N-dealkylation sites (tertiary alicyclic amines) is 1. The van der Waals surface area contributed by atoms with Crippen molar-refractivity contribution in [2.75, 3.05) is 18.4 Å². The highest BCUT2D eigenvalue weighted by molar-refractivity contribution is 7.03. The number of aromatic nitrogens is 4. The number of benzene rings is 1. The van der Waals surface area contributed by atoms with Gasteiger partial charge >= 0.3 is 5.69 Å². The van der Waals surface area contributed by atoms with Gasteiger partial charge in [-0.25, -0.2) is 4.79 Å². The lowest BCUT2D eigenvalue weighted by Gasteiger charge is -2.31. The summed E-state index contributed by atoms with van der Waals surface area (Å²) in [4.78, 5) is 42.2. The molecule has 3 heterocycles. The van der Waals surface area contributed by atoms with Crippen molar-refractivity contribution >= 4 is 28.9 Å². The van der Waals surface area contributed by atoms with Gasteiger partial charge in [0.2, 0.25) is 0 Å². The van der Waals surface area contributed by atoms with Crippen LogP contribution in [0, 0.1) is 12.8 Å². The monoisotopic (exact) mass is 454 g/mol. The Hall–Kier alpha value is -3.27. The van der Waals surface area contributed by atoms with Gasteiger partial charge in [-0.1, -0.05) is 17.5 Å². The molecule has 1 aliphatic rings. The Morgan fingerprint density at radius 3 is 2.69 bits per heavy atom. The van der Waals surface area contributed by atoms with Gasteiger partial charge in [0.05, 0.1) is 0 Å². The van der Waals surface area contributed by atoms with E-state index in [0.29, 0.717) is 31.1 Å². The van der Waals surface area contributed by atoms with Gasteiger partial charge in [-0.15, -0.1) is 5.10 Å². The van der Waals surface area contributed by atoms with Gasteiger partial charge in [0.15, 0.2) is 5.69 Å². The third kappa shape index (κ3) is 4.80. The number of piperidine rings is 1. The fraction of sp³-hybridized carbons (Fsp3) is 0.409. The Bertz CT molecular complexity index is 1180. The summed E-state index contributed by atoms with van der Waals surface area (Å²) in [6.07, 6.45) is 2.35. The average Bonchev–Trinajstić information content (AvgIpc) is 3.32. The second kappa shape index (κ2) is 9.47. The normalized spacial score (nSPS) is 14.5. The number of nitrogens with zero attached hydrogens (tertiary/aromatic N) is 4. The van der Waals surface area contributed by atoms with Crippen LogP contribution in [0.25, 0.3) is 0 Å². The third-order valence-corrected chi connectivity index (χ3v) is 6.46. The van der Waals surface area contributed by atoms with E-state index < -0.39 is 5.69 Å². The number of aryl methyl sites for hydroxylation is 2. The van der Waals surface area contributed by atoms with Gasteiger partial charge < -0.3 is 10.2 Å². The maximum atomic E-state index is 12.7. The van der Waals surface area contributed by atoms with Gasteiger partial charge in [-0.3, -0.25) is 19.1 Å². The Morgan fingerprint density at radius 1 is 1.25 bits per heavy atom. The predicted molar refractivity (Wildman–Crippen MR) is 124 cm³/mol. The van der Waals surface area contributed by atoms with Crippen LogP contribution >= 0.6 is 11.5 Å². The van der Waals surface area contributed by atoms with E-state index in [2.05, 4.69) is 33.7 Å². The van der Waals surface area contributed by atoms with Gasteiger partial charge in [0, 0.05) is 36.8 Å². The summed E-state index contributed by atoms with van der Waals surface area (Å²) in [7, 11) is 0. The molecule has 0 radical (unpaired) electrons. The van der Waals surface area contributed by atoms with E-state index in [0.717, 1.165) is 36.5 Å². The van der Waals surface area contributed by atoms with Crippen molar-refractivity contribution in [2.24, 2.45) is 5.92 Å². The minimum atomic E-state index is -0.435. The molecule has 4 rings (SSSR count). The molecule has 0 atom stereocenters. The van der Waals surface area contributed by atoms with Crippen molar-refractivity contribution in [1.29, 1.82) is 0 Å². The Balaban J connectivity index is 1.40. The molecule has 168 valence electrons. The van der Waals surface area contributed by atoms with Crippen LogP contribution in [0.1, 0.15) is 41.4 Å². The minimum absolute atomic E-state index is 0.120. The molecule has 0 unspecified atom stereocenters. The van der Waals surface area contributed by atoms with Crippen molar-refractivity contribution in [3.8, 4) is 0 Å². The molecule has 2 aromatic heterocycles. The fourth-order valence-electron chi connectivity index (χ4n) is 4.04. The predicted octanol–water partition coefficient (Wildman–Crippen LogP) is 2.55. The first-order valence-corrected chi connectivity index (χ1v) is 11.5. The molecule has 2 N–H and O–H groups in total. The number of hydrogen-bond donors (Lipinski definition) is 2. The molecule has 1 aromatic carbocycles. The van der Waals surface area contributed by atoms with Crippen LogP contribution < -0.4 is 16.6 Å². The van der Waals surface area contributed by atoms with E-state index in [1.165, 1.54) is 21.8 Å². The third-order valence-electron chi connectivity index (χ3n) is 5.95. The molecule has 0 aliphatic carbocycles. The highest BCUT2D eigenvalue weighted by Crippen LogP contribution is 2.21. The summed E-state index contributed by atoms with van der Waals surface area (Å²) in [5.74, 6) is 0.402. The molecular weight excluding hydrogens is 428 g/mol. The zero-order valence-corrected chi connectivity index (χ0v) is 18.9. The van der Waals surface area contributed by atoms with E-state index >= 15 is 0 Å². The second-order valence-electron chi connectivity index (χ2n) is 8.08. The number of anilines is 2. The molecule has 3 aromatic rings. The van der Waals surface area contributed by atoms with Gasteiger partial charge in [0.1, 0.15) is 5.82 Å². The van der Waals surface area contributed by atoms with Crippen molar-refractivity contribution in [3.05, 3.63) is 67.3 Å². The highest BCUT2D eigenvalue weighted by atomic mass is 32.1. The van der Waals surface area contributed by atoms with Gasteiger partial charge in [-0.2, -0.15) is 0 Å². The van der Waals surface area contributed by atoms with Crippen molar-refractivity contribution in [3.63, 3.8) is 0 Å². The number of rotatable bonds is 6. The summed E-state index contributed by atoms with van der Waals surface area (Å²) in [6, 6.07) is 7.38. The summed E-state index contributed by atoms with van der Waals surface area (Å²) < 4.78 is 4.98. The lowest BCUT2D eigenvalue weighted by Crippen LogP contribution is -2.42. The molecule has 1 amide bonds. The van der Waals surface area contributed by atoms with E-state index in [4.69, 9.17) is 0 Å². The standard InChI is InChI=1S/C22H26N6O3S/c1-3-16-10-17(5-4-14(16)2)23-19-11-20(29)28(22(31)24-19)12-15-6-8-27(9-7-15)21(30)18-13-32-26-25-18/h4-5,10-11,13,15,23H,3,6-9,12H2,1-2H3,(H,24,31). The van der Waals surface area contributed by atoms with Crippen molar-refractivity contribution in [1.82, 2.24) is 24.0 Å². The van der Waals surface area contributed by atoms with Crippen molar-refractivity contribution < 1.29 is 4.79 Å². The fourth-order valence-corrected chi connectivity index (χ4v) is 4.47.